The second-order valence-corrected chi connectivity index (χ2v) is 4.20. The Bertz CT molecular complexity index is 563. The Hall–Kier alpha value is -2.50. The molecule has 1 N–H and O–H groups in total. The number of aryl methyl sites for hydroxylation is 1. The van der Waals surface area contributed by atoms with E-state index in [4.69, 9.17) is 4.74 Å². The van der Waals surface area contributed by atoms with Crippen molar-refractivity contribution in [1.29, 1.82) is 0 Å². The van der Waals surface area contributed by atoms with E-state index in [9.17, 15) is 4.79 Å². The largest absolute Gasteiger partial charge is 0.482 e. The molecule has 1 aromatic carbocycles. The van der Waals surface area contributed by atoms with Gasteiger partial charge in [0, 0.05) is 25.1 Å². The summed E-state index contributed by atoms with van der Waals surface area (Å²) in [5.74, 6) is 1.18. The number of hydrogen-bond acceptors (Lipinski definition) is 5. The van der Waals surface area contributed by atoms with Crippen molar-refractivity contribution in [2.45, 2.75) is 6.54 Å². The summed E-state index contributed by atoms with van der Waals surface area (Å²) >= 11 is 0. The van der Waals surface area contributed by atoms with E-state index in [-0.39, 0.29) is 6.61 Å². The van der Waals surface area contributed by atoms with Crippen molar-refractivity contribution in [2.24, 2.45) is 7.05 Å². The zero-order chi connectivity index (χ0) is 14.4. The molecular weight excluding hydrogens is 258 g/mol. The number of benzene rings is 1. The Kier molecular flexibility index (Phi) is 4.60. The minimum absolute atomic E-state index is 0.0868. The first kappa shape index (κ1) is 13.9. The fraction of sp³-hybridized carbons (Fsp3) is 0.286. The van der Waals surface area contributed by atoms with Gasteiger partial charge in [-0.2, -0.15) is 0 Å². The van der Waals surface area contributed by atoms with Crippen LogP contribution in [-0.2, 0) is 23.1 Å². The summed E-state index contributed by atoms with van der Waals surface area (Å²) in [7, 11) is 3.28. The van der Waals surface area contributed by atoms with Gasteiger partial charge in [-0.25, -0.2) is 9.78 Å². The Morgan fingerprint density at radius 2 is 2.10 bits per heavy atom. The molecule has 0 bridgehead atoms. The normalized spacial score (nSPS) is 10.1. The van der Waals surface area contributed by atoms with Gasteiger partial charge in [-0.15, -0.1) is 0 Å². The predicted molar refractivity (Wildman–Crippen MR) is 74.5 cm³/mol. The highest BCUT2D eigenvalue weighted by molar-refractivity contribution is 5.70. The van der Waals surface area contributed by atoms with Crippen LogP contribution in [0.15, 0.2) is 36.7 Å². The quantitative estimate of drug-likeness (QED) is 0.811. The van der Waals surface area contributed by atoms with E-state index in [0.29, 0.717) is 12.3 Å². The molecule has 0 spiro atoms. The number of nitrogens with one attached hydrogen (secondary N) is 1. The van der Waals surface area contributed by atoms with Crippen LogP contribution in [0, 0.1) is 0 Å². The summed E-state index contributed by atoms with van der Waals surface area (Å²) in [6.07, 6.45) is 3.67. The molecule has 0 radical (unpaired) electrons. The number of carbonyl (C=O) groups excluding carboxylic acids is 1. The lowest BCUT2D eigenvalue weighted by atomic mass is 10.3. The molecule has 0 unspecified atom stereocenters. The van der Waals surface area contributed by atoms with E-state index in [1.165, 1.54) is 7.11 Å². The molecule has 6 nitrogen and oxygen atoms in total. The summed E-state index contributed by atoms with van der Waals surface area (Å²) in [4.78, 5) is 15.2. The first-order chi connectivity index (χ1) is 9.69. The lowest BCUT2D eigenvalue weighted by Gasteiger charge is -2.08. The number of methoxy groups -OCH3 is 1. The molecule has 1 heterocycles. The maximum atomic E-state index is 10.9. The molecule has 2 rings (SSSR count). The molecular formula is C14H17N3O3. The molecule has 0 saturated carbocycles. The van der Waals surface area contributed by atoms with Crippen LogP contribution in [0.2, 0.25) is 0 Å². The molecule has 1 aromatic heterocycles. The van der Waals surface area contributed by atoms with Crippen LogP contribution < -0.4 is 10.1 Å². The van der Waals surface area contributed by atoms with E-state index >= 15 is 0 Å². The van der Waals surface area contributed by atoms with Gasteiger partial charge >= 0.3 is 5.97 Å². The van der Waals surface area contributed by atoms with Crippen LogP contribution >= 0.6 is 0 Å². The molecule has 106 valence electrons. The summed E-state index contributed by atoms with van der Waals surface area (Å²) in [6, 6.07) is 7.36. The number of anilines is 1. The number of carbonyl (C=O) groups is 1. The minimum Gasteiger partial charge on any atom is -0.482 e. The molecule has 0 aliphatic heterocycles. The van der Waals surface area contributed by atoms with Crippen LogP contribution in [0.4, 0.5) is 5.69 Å². The number of ether oxygens (including phenoxy) is 2. The smallest absolute Gasteiger partial charge is 0.343 e. The van der Waals surface area contributed by atoms with Crippen LogP contribution in [0.1, 0.15) is 5.82 Å². The Morgan fingerprint density at radius 3 is 2.70 bits per heavy atom. The Balaban J connectivity index is 1.85. The summed E-state index contributed by atoms with van der Waals surface area (Å²) in [6.45, 7) is 0.558. The average molecular weight is 275 g/mol. The maximum Gasteiger partial charge on any atom is 0.343 e. The zero-order valence-corrected chi connectivity index (χ0v) is 11.5. The topological polar surface area (TPSA) is 65.4 Å². The van der Waals surface area contributed by atoms with Gasteiger partial charge in [0.2, 0.25) is 0 Å². The number of hydrogen-bond donors (Lipinski definition) is 1. The van der Waals surface area contributed by atoms with E-state index in [1.54, 1.807) is 18.3 Å². The van der Waals surface area contributed by atoms with Crippen molar-refractivity contribution < 1.29 is 14.3 Å². The first-order valence-corrected chi connectivity index (χ1v) is 6.19. The van der Waals surface area contributed by atoms with Gasteiger partial charge in [-0.3, -0.25) is 0 Å². The maximum absolute atomic E-state index is 10.9. The van der Waals surface area contributed by atoms with Crippen molar-refractivity contribution in [1.82, 2.24) is 9.55 Å². The highest BCUT2D eigenvalue weighted by atomic mass is 16.6. The fourth-order valence-electron chi connectivity index (χ4n) is 1.62. The Labute approximate surface area is 117 Å². The van der Waals surface area contributed by atoms with Gasteiger partial charge < -0.3 is 19.4 Å². The molecule has 0 fully saturated rings. The second kappa shape index (κ2) is 6.60. The van der Waals surface area contributed by atoms with Gasteiger partial charge in [-0.05, 0) is 24.3 Å². The summed E-state index contributed by atoms with van der Waals surface area (Å²) in [5, 5.41) is 3.26. The lowest BCUT2D eigenvalue weighted by Crippen LogP contribution is -2.12. The van der Waals surface area contributed by atoms with Gasteiger partial charge in [0.05, 0.1) is 13.7 Å². The van der Waals surface area contributed by atoms with Gasteiger partial charge in [-0.1, -0.05) is 0 Å². The highest BCUT2D eigenvalue weighted by Crippen LogP contribution is 2.16. The molecule has 6 heteroatoms. The average Bonchev–Trinajstić information content (AvgIpc) is 2.89. The third kappa shape index (κ3) is 3.74. The van der Waals surface area contributed by atoms with Crippen molar-refractivity contribution >= 4 is 11.7 Å². The highest BCUT2D eigenvalue weighted by Gasteiger charge is 2.02. The number of rotatable bonds is 6. The second-order valence-electron chi connectivity index (χ2n) is 4.20. The molecule has 20 heavy (non-hydrogen) atoms. The predicted octanol–water partition coefficient (Wildman–Crippen LogP) is 1.58. The van der Waals surface area contributed by atoms with Gasteiger partial charge in [0.1, 0.15) is 11.6 Å². The van der Waals surface area contributed by atoms with Crippen LogP contribution in [0.25, 0.3) is 0 Å². The van der Waals surface area contributed by atoms with Crippen LogP contribution in [-0.4, -0.2) is 29.2 Å². The monoisotopic (exact) mass is 275 g/mol. The van der Waals surface area contributed by atoms with Gasteiger partial charge in [0.25, 0.3) is 0 Å². The number of esters is 1. The summed E-state index contributed by atoms with van der Waals surface area (Å²) in [5.41, 5.74) is 0.957. The fourth-order valence-corrected chi connectivity index (χ4v) is 1.62. The molecule has 0 amide bonds. The zero-order valence-electron chi connectivity index (χ0n) is 11.5. The SMILES string of the molecule is COC(=O)COc1ccc(NCc2nccn2C)cc1. The van der Waals surface area contributed by atoms with Gasteiger partial charge in [0.15, 0.2) is 6.61 Å². The Morgan fingerprint density at radius 1 is 1.35 bits per heavy atom. The standard InChI is InChI=1S/C14H17N3O3/c1-17-8-7-15-13(17)9-16-11-3-5-12(6-4-11)20-10-14(18)19-2/h3-8,16H,9-10H2,1-2H3. The molecule has 0 saturated heterocycles. The van der Waals surface area contributed by atoms with E-state index < -0.39 is 5.97 Å². The van der Waals surface area contributed by atoms with E-state index in [1.807, 2.05) is 29.9 Å². The lowest BCUT2D eigenvalue weighted by molar-refractivity contribution is -0.142. The molecule has 2 aromatic rings. The van der Waals surface area contributed by atoms with E-state index in [2.05, 4.69) is 15.0 Å². The molecule has 0 aliphatic carbocycles. The number of imidazole rings is 1. The number of nitrogens with zero attached hydrogens (tertiary/aromatic N) is 2. The van der Waals surface area contributed by atoms with Crippen molar-refractivity contribution in [3.05, 3.63) is 42.5 Å². The number of aromatic nitrogens is 2. The van der Waals surface area contributed by atoms with Crippen LogP contribution in [0.3, 0.4) is 0 Å². The minimum atomic E-state index is -0.401. The third-order valence-electron chi connectivity index (χ3n) is 2.81. The first-order valence-electron chi connectivity index (χ1n) is 6.19. The van der Waals surface area contributed by atoms with E-state index in [0.717, 1.165) is 11.5 Å². The van der Waals surface area contributed by atoms with Crippen molar-refractivity contribution in [3.63, 3.8) is 0 Å². The third-order valence-corrected chi connectivity index (χ3v) is 2.81. The van der Waals surface area contributed by atoms with Crippen LogP contribution in [0.5, 0.6) is 5.75 Å². The summed E-state index contributed by atoms with van der Waals surface area (Å²) < 4.78 is 11.7. The van der Waals surface area contributed by atoms with Crippen molar-refractivity contribution in [3.8, 4) is 5.75 Å². The molecule has 0 atom stereocenters. The molecule has 0 aliphatic rings. The van der Waals surface area contributed by atoms with Crippen molar-refractivity contribution in [2.75, 3.05) is 19.0 Å².